The van der Waals surface area contributed by atoms with Crippen LogP contribution >= 0.6 is 0 Å². The van der Waals surface area contributed by atoms with Crippen molar-refractivity contribution in [2.45, 2.75) is 46.5 Å². The van der Waals surface area contributed by atoms with Crippen molar-refractivity contribution in [2.75, 3.05) is 13.1 Å². The van der Waals surface area contributed by atoms with Crippen LogP contribution in [0.2, 0.25) is 0 Å². The molecule has 2 atom stereocenters. The molecule has 1 aliphatic rings. The number of nitrogens with one attached hydrogen (secondary N) is 1. The van der Waals surface area contributed by atoms with Crippen LogP contribution < -0.4 is 5.32 Å². The fourth-order valence-electron chi connectivity index (χ4n) is 2.00. The van der Waals surface area contributed by atoms with E-state index in [1.165, 1.54) is 0 Å². The maximum absolute atomic E-state index is 12.0. The summed E-state index contributed by atoms with van der Waals surface area (Å²) in [6.45, 7) is 8.38. The van der Waals surface area contributed by atoms with E-state index in [1.54, 1.807) is 0 Å². The molecule has 82 valence electrons. The quantitative estimate of drug-likeness (QED) is 0.749. The van der Waals surface area contributed by atoms with Gasteiger partial charge in [0.15, 0.2) is 0 Å². The lowest BCUT2D eigenvalue weighted by Crippen LogP contribution is -2.43. The van der Waals surface area contributed by atoms with Crippen molar-refractivity contribution in [3.63, 3.8) is 0 Å². The Hall–Kier alpha value is -0.370. The van der Waals surface area contributed by atoms with Gasteiger partial charge in [-0.1, -0.05) is 27.2 Å². The molecule has 2 unspecified atom stereocenters. The highest BCUT2D eigenvalue weighted by molar-refractivity contribution is 5.85. The number of hydrogen-bond acceptors (Lipinski definition) is 2. The van der Waals surface area contributed by atoms with Crippen LogP contribution in [0.4, 0.5) is 0 Å². The molecule has 1 heterocycles. The first-order valence-electron chi connectivity index (χ1n) is 5.82. The largest absolute Gasteiger partial charge is 0.316 e. The lowest BCUT2D eigenvalue weighted by atomic mass is 9.76. The number of piperidine rings is 1. The van der Waals surface area contributed by atoms with Crippen LogP contribution in [0.15, 0.2) is 0 Å². The highest BCUT2D eigenvalue weighted by Gasteiger charge is 2.34. The molecule has 1 aliphatic heterocycles. The first kappa shape index (κ1) is 11.7. The highest BCUT2D eigenvalue weighted by atomic mass is 16.1. The van der Waals surface area contributed by atoms with E-state index in [9.17, 15) is 4.79 Å². The number of carbonyl (C=O) groups excluding carboxylic acids is 1. The summed E-state index contributed by atoms with van der Waals surface area (Å²) in [6.07, 6.45) is 4.07. The third-order valence-corrected chi connectivity index (χ3v) is 3.50. The molecular formula is C12H23NO. The molecule has 1 saturated heterocycles. The Bertz CT molecular complexity index is 194. The summed E-state index contributed by atoms with van der Waals surface area (Å²) >= 11 is 0. The van der Waals surface area contributed by atoms with Gasteiger partial charge in [0.25, 0.3) is 0 Å². The number of Topliss-reactive ketones (excluding diaryl/α,β-unsaturated/α-hetero) is 1. The molecule has 0 amide bonds. The summed E-state index contributed by atoms with van der Waals surface area (Å²) in [5, 5.41) is 3.33. The minimum atomic E-state index is -0.0817. The number of ketones is 1. The van der Waals surface area contributed by atoms with Gasteiger partial charge in [-0.25, -0.2) is 0 Å². The van der Waals surface area contributed by atoms with Gasteiger partial charge in [0.05, 0.1) is 0 Å². The first-order chi connectivity index (χ1) is 6.58. The highest BCUT2D eigenvalue weighted by Crippen LogP contribution is 2.29. The Balaban J connectivity index is 2.49. The summed E-state index contributed by atoms with van der Waals surface area (Å²) in [7, 11) is 0. The van der Waals surface area contributed by atoms with Gasteiger partial charge >= 0.3 is 0 Å². The molecule has 0 aromatic heterocycles. The van der Waals surface area contributed by atoms with Gasteiger partial charge in [-0.3, -0.25) is 4.79 Å². The van der Waals surface area contributed by atoms with E-state index in [4.69, 9.17) is 0 Å². The van der Waals surface area contributed by atoms with Crippen LogP contribution in [-0.4, -0.2) is 18.9 Å². The van der Waals surface area contributed by atoms with Gasteiger partial charge in [-0.05, 0) is 25.3 Å². The fraction of sp³-hybridized carbons (Fsp3) is 0.917. The van der Waals surface area contributed by atoms with Gasteiger partial charge in [0.2, 0.25) is 0 Å². The zero-order chi connectivity index (χ0) is 10.6. The minimum absolute atomic E-state index is 0.0817. The molecule has 0 bridgehead atoms. The molecule has 2 heteroatoms. The molecule has 14 heavy (non-hydrogen) atoms. The van der Waals surface area contributed by atoms with Crippen molar-refractivity contribution in [2.24, 2.45) is 11.3 Å². The molecule has 0 aromatic rings. The number of carbonyl (C=O) groups is 1. The maximum atomic E-state index is 12.0. The SMILES string of the molecule is CCC(C)CC(=O)C1(C)CCCNC1. The minimum Gasteiger partial charge on any atom is -0.316 e. The van der Waals surface area contributed by atoms with Crippen LogP contribution in [0.5, 0.6) is 0 Å². The monoisotopic (exact) mass is 197 g/mol. The molecule has 1 N–H and O–H groups in total. The molecule has 0 spiro atoms. The van der Waals surface area contributed by atoms with Crippen molar-refractivity contribution >= 4 is 5.78 Å². The fourth-order valence-corrected chi connectivity index (χ4v) is 2.00. The molecule has 2 nitrogen and oxygen atoms in total. The van der Waals surface area contributed by atoms with Crippen LogP contribution in [0.1, 0.15) is 46.5 Å². The van der Waals surface area contributed by atoms with E-state index in [2.05, 4.69) is 26.1 Å². The van der Waals surface area contributed by atoms with Gasteiger partial charge in [0.1, 0.15) is 5.78 Å². The van der Waals surface area contributed by atoms with Gasteiger partial charge in [0, 0.05) is 18.4 Å². The Morgan fingerprint density at radius 1 is 1.57 bits per heavy atom. The predicted octanol–water partition coefficient (Wildman–Crippen LogP) is 2.38. The molecule has 0 radical (unpaired) electrons. The Morgan fingerprint density at radius 3 is 2.79 bits per heavy atom. The average molecular weight is 197 g/mol. The molecule has 1 fully saturated rings. The van der Waals surface area contributed by atoms with Crippen LogP contribution in [0, 0.1) is 11.3 Å². The Kier molecular flexibility index (Phi) is 4.11. The Labute approximate surface area is 87.5 Å². The molecule has 0 aromatic carbocycles. The second-order valence-electron chi connectivity index (χ2n) is 4.98. The van der Waals surface area contributed by atoms with Crippen LogP contribution in [0.3, 0.4) is 0 Å². The van der Waals surface area contributed by atoms with E-state index in [0.29, 0.717) is 11.7 Å². The second kappa shape index (κ2) is 4.92. The van der Waals surface area contributed by atoms with Gasteiger partial charge in [-0.2, -0.15) is 0 Å². The average Bonchev–Trinajstić information content (AvgIpc) is 2.18. The van der Waals surface area contributed by atoms with Crippen molar-refractivity contribution in [3.05, 3.63) is 0 Å². The summed E-state index contributed by atoms with van der Waals surface area (Å²) in [6, 6.07) is 0. The standard InChI is InChI=1S/C12H23NO/c1-4-10(2)8-11(14)12(3)6-5-7-13-9-12/h10,13H,4-9H2,1-3H3. The van der Waals surface area contributed by atoms with Gasteiger partial charge in [-0.15, -0.1) is 0 Å². The lowest BCUT2D eigenvalue weighted by molar-refractivity contribution is -0.129. The first-order valence-corrected chi connectivity index (χ1v) is 5.82. The maximum Gasteiger partial charge on any atom is 0.140 e. The topological polar surface area (TPSA) is 29.1 Å². The normalized spacial score (nSPS) is 29.9. The molecule has 0 aliphatic carbocycles. The summed E-state index contributed by atoms with van der Waals surface area (Å²) in [5.74, 6) is 1.00. The van der Waals surface area contributed by atoms with E-state index >= 15 is 0 Å². The molecular weight excluding hydrogens is 174 g/mol. The van der Waals surface area contributed by atoms with E-state index in [-0.39, 0.29) is 5.41 Å². The molecule has 0 saturated carbocycles. The number of hydrogen-bond donors (Lipinski definition) is 1. The predicted molar refractivity (Wildman–Crippen MR) is 59.3 cm³/mol. The van der Waals surface area contributed by atoms with Crippen molar-refractivity contribution < 1.29 is 4.79 Å². The van der Waals surface area contributed by atoms with E-state index in [1.807, 2.05) is 0 Å². The van der Waals surface area contributed by atoms with E-state index in [0.717, 1.165) is 38.8 Å². The van der Waals surface area contributed by atoms with Crippen molar-refractivity contribution in [1.82, 2.24) is 5.32 Å². The zero-order valence-electron chi connectivity index (χ0n) is 9.73. The zero-order valence-corrected chi connectivity index (χ0v) is 9.73. The van der Waals surface area contributed by atoms with Crippen LogP contribution in [0.25, 0.3) is 0 Å². The van der Waals surface area contributed by atoms with Crippen LogP contribution in [-0.2, 0) is 4.79 Å². The molecule has 1 rings (SSSR count). The summed E-state index contributed by atoms with van der Waals surface area (Å²) in [5.41, 5.74) is -0.0817. The number of rotatable bonds is 4. The summed E-state index contributed by atoms with van der Waals surface area (Å²) in [4.78, 5) is 12.0. The lowest BCUT2D eigenvalue weighted by Gasteiger charge is -2.33. The summed E-state index contributed by atoms with van der Waals surface area (Å²) < 4.78 is 0. The van der Waals surface area contributed by atoms with Gasteiger partial charge < -0.3 is 5.32 Å². The second-order valence-corrected chi connectivity index (χ2v) is 4.98. The van der Waals surface area contributed by atoms with Crippen molar-refractivity contribution in [1.29, 1.82) is 0 Å². The van der Waals surface area contributed by atoms with E-state index < -0.39 is 0 Å². The Morgan fingerprint density at radius 2 is 2.29 bits per heavy atom. The third-order valence-electron chi connectivity index (χ3n) is 3.50. The smallest absolute Gasteiger partial charge is 0.140 e. The van der Waals surface area contributed by atoms with Crippen molar-refractivity contribution in [3.8, 4) is 0 Å². The third kappa shape index (κ3) is 2.81.